The van der Waals surface area contributed by atoms with Crippen molar-refractivity contribution < 1.29 is 4.42 Å². The van der Waals surface area contributed by atoms with Crippen LogP contribution in [-0.4, -0.2) is 9.55 Å². The lowest BCUT2D eigenvalue weighted by molar-refractivity contribution is 0.483. The average Bonchev–Trinajstić information content (AvgIpc) is 2.96. The first-order valence-electron chi connectivity index (χ1n) is 5.59. The SMILES string of the molecule is CC[C@@H](N)c1cncn1CCc1ccco1. The lowest BCUT2D eigenvalue weighted by Crippen LogP contribution is -2.15. The van der Waals surface area contributed by atoms with Crippen molar-refractivity contribution in [3.8, 4) is 0 Å². The van der Waals surface area contributed by atoms with E-state index >= 15 is 0 Å². The van der Waals surface area contributed by atoms with Gasteiger partial charge < -0.3 is 14.7 Å². The Kier molecular flexibility index (Phi) is 3.41. The number of hydrogen-bond donors (Lipinski definition) is 1. The summed E-state index contributed by atoms with van der Waals surface area (Å²) >= 11 is 0. The van der Waals surface area contributed by atoms with Gasteiger partial charge in [-0.05, 0) is 18.6 Å². The standard InChI is InChI=1S/C12H17N3O/c1-2-11(13)12-8-14-9-15(12)6-5-10-4-3-7-16-10/h3-4,7-9,11H,2,5-6,13H2,1H3/t11-/m1/s1. The maximum absolute atomic E-state index is 6.00. The number of furan rings is 1. The number of aromatic nitrogens is 2. The van der Waals surface area contributed by atoms with Crippen molar-refractivity contribution in [1.29, 1.82) is 0 Å². The normalized spacial score (nSPS) is 12.9. The summed E-state index contributed by atoms with van der Waals surface area (Å²) in [7, 11) is 0. The van der Waals surface area contributed by atoms with E-state index in [0.717, 1.165) is 30.8 Å². The van der Waals surface area contributed by atoms with Crippen molar-refractivity contribution in [1.82, 2.24) is 9.55 Å². The van der Waals surface area contributed by atoms with Gasteiger partial charge in [-0.3, -0.25) is 0 Å². The Morgan fingerprint density at radius 3 is 3.12 bits per heavy atom. The maximum Gasteiger partial charge on any atom is 0.105 e. The Hall–Kier alpha value is -1.55. The molecule has 0 saturated carbocycles. The van der Waals surface area contributed by atoms with Crippen LogP contribution in [0, 0.1) is 0 Å². The summed E-state index contributed by atoms with van der Waals surface area (Å²) in [6.45, 7) is 2.94. The third-order valence-corrected chi connectivity index (χ3v) is 2.74. The van der Waals surface area contributed by atoms with E-state index in [9.17, 15) is 0 Å². The second-order valence-electron chi connectivity index (χ2n) is 3.86. The van der Waals surface area contributed by atoms with E-state index in [4.69, 9.17) is 10.2 Å². The zero-order valence-corrected chi connectivity index (χ0v) is 9.47. The van der Waals surface area contributed by atoms with Crippen molar-refractivity contribution in [2.45, 2.75) is 32.4 Å². The van der Waals surface area contributed by atoms with Crippen LogP contribution in [0.1, 0.15) is 30.8 Å². The van der Waals surface area contributed by atoms with E-state index in [1.807, 2.05) is 24.7 Å². The summed E-state index contributed by atoms with van der Waals surface area (Å²) in [6.07, 6.45) is 7.16. The molecule has 2 aromatic heterocycles. The van der Waals surface area contributed by atoms with Crippen LogP contribution in [0.4, 0.5) is 0 Å². The number of hydrogen-bond acceptors (Lipinski definition) is 3. The molecule has 0 radical (unpaired) electrons. The van der Waals surface area contributed by atoms with Crippen molar-refractivity contribution >= 4 is 0 Å². The molecule has 0 unspecified atom stereocenters. The molecule has 1 atom stereocenters. The number of nitrogens with zero attached hydrogens (tertiary/aromatic N) is 2. The van der Waals surface area contributed by atoms with Crippen molar-refractivity contribution in [3.05, 3.63) is 42.4 Å². The molecule has 0 bridgehead atoms. The van der Waals surface area contributed by atoms with E-state index < -0.39 is 0 Å². The fourth-order valence-corrected chi connectivity index (χ4v) is 1.72. The molecule has 0 aliphatic carbocycles. The summed E-state index contributed by atoms with van der Waals surface area (Å²) in [5.74, 6) is 0.990. The second kappa shape index (κ2) is 4.99. The van der Waals surface area contributed by atoms with E-state index in [2.05, 4.69) is 16.5 Å². The molecule has 4 nitrogen and oxygen atoms in total. The van der Waals surface area contributed by atoms with Gasteiger partial charge in [-0.1, -0.05) is 6.92 Å². The topological polar surface area (TPSA) is 57.0 Å². The zero-order chi connectivity index (χ0) is 11.4. The number of imidazole rings is 1. The van der Waals surface area contributed by atoms with Crippen molar-refractivity contribution in [2.24, 2.45) is 5.73 Å². The average molecular weight is 219 g/mol. The Labute approximate surface area is 95.1 Å². The van der Waals surface area contributed by atoms with Gasteiger partial charge in [0.2, 0.25) is 0 Å². The highest BCUT2D eigenvalue weighted by atomic mass is 16.3. The lowest BCUT2D eigenvalue weighted by atomic mass is 10.2. The largest absolute Gasteiger partial charge is 0.469 e. The highest BCUT2D eigenvalue weighted by Gasteiger charge is 2.09. The fourth-order valence-electron chi connectivity index (χ4n) is 1.72. The predicted octanol–water partition coefficient (Wildman–Crippen LogP) is 2.13. The molecule has 2 heterocycles. The van der Waals surface area contributed by atoms with Crippen LogP contribution >= 0.6 is 0 Å². The maximum atomic E-state index is 6.00. The number of aryl methyl sites for hydroxylation is 2. The molecule has 0 aromatic carbocycles. The zero-order valence-electron chi connectivity index (χ0n) is 9.47. The molecule has 2 rings (SSSR count). The van der Waals surface area contributed by atoms with Crippen LogP contribution in [0.3, 0.4) is 0 Å². The van der Waals surface area contributed by atoms with Crippen molar-refractivity contribution in [3.63, 3.8) is 0 Å². The van der Waals surface area contributed by atoms with E-state index in [1.54, 1.807) is 6.26 Å². The van der Waals surface area contributed by atoms with E-state index in [1.165, 1.54) is 0 Å². The first-order chi connectivity index (χ1) is 7.81. The molecule has 2 aromatic rings. The van der Waals surface area contributed by atoms with Gasteiger partial charge >= 0.3 is 0 Å². The van der Waals surface area contributed by atoms with Gasteiger partial charge in [0, 0.05) is 25.2 Å². The monoisotopic (exact) mass is 219 g/mol. The molecule has 0 aliphatic heterocycles. The second-order valence-corrected chi connectivity index (χ2v) is 3.86. The molecule has 0 fully saturated rings. The first kappa shape index (κ1) is 11.0. The molecule has 0 saturated heterocycles. The van der Waals surface area contributed by atoms with E-state index in [-0.39, 0.29) is 6.04 Å². The Morgan fingerprint density at radius 2 is 2.44 bits per heavy atom. The van der Waals surface area contributed by atoms with Gasteiger partial charge in [0.25, 0.3) is 0 Å². The third-order valence-electron chi connectivity index (χ3n) is 2.74. The fraction of sp³-hybridized carbons (Fsp3) is 0.417. The summed E-state index contributed by atoms with van der Waals surface area (Å²) < 4.78 is 7.39. The molecular formula is C12H17N3O. The minimum absolute atomic E-state index is 0.0686. The van der Waals surface area contributed by atoms with E-state index in [0.29, 0.717) is 0 Å². The molecule has 0 spiro atoms. The van der Waals surface area contributed by atoms with Crippen LogP contribution in [0.2, 0.25) is 0 Å². The highest BCUT2D eigenvalue weighted by molar-refractivity contribution is 5.05. The molecule has 0 aliphatic rings. The molecule has 2 N–H and O–H groups in total. The van der Waals surface area contributed by atoms with Crippen LogP contribution in [0.15, 0.2) is 35.3 Å². The van der Waals surface area contributed by atoms with Crippen molar-refractivity contribution in [2.75, 3.05) is 0 Å². The Bertz CT molecular complexity index is 419. The van der Waals surface area contributed by atoms with Gasteiger partial charge in [0.15, 0.2) is 0 Å². The van der Waals surface area contributed by atoms with Gasteiger partial charge in [-0.2, -0.15) is 0 Å². The highest BCUT2D eigenvalue weighted by Crippen LogP contribution is 2.13. The minimum Gasteiger partial charge on any atom is -0.469 e. The van der Waals surface area contributed by atoms with Gasteiger partial charge in [-0.25, -0.2) is 4.98 Å². The van der Waals surface area contributed by atoms with Crippen LogP contribution in [-0.2, 0) is 13.0 Å². The number of nitrogens with two attached hydrogens (primary N) is 1. The molecule has 86 valence electrons. The minimum atomic E-state index is 0.0686. The number of rotatable bonds is 5. The van der Waals surface area contributed by atoms with Gasteiger partial charge in [0.1, 0.15) is 5.76 Å². The smallest absolute Gasteiger partial charge is 0.105 e. The first-order valence-corrected chi connectivity index (χ1v) is 5.59. The molecule has 0 amide bonds. The van der Waals surface area contributed by atoms with Crippen LogP contribution in [0.5, 0.6) is 0 Å². The van der Waals surface area contributed by atoms with Crippen LogP contribution < -0.4 is 5.73 Å². The van der Waals surface area contributed by atoms with Gasteiger partial charge in [0.05, 0.1) is 18.3 Å². The molecular weight excluding hydrogens is 202 g/mol. The Morgan fingerprint density at radius 1 is 1.56 bits per heavy atom. The predicted molar refractivity (Wildman–Crippen MR) is 61.9 cm³/mol. The van der Waals surface area contributed by atoms with Crippen LogP contribution in [0.25, 0.3) is 0 Å². The summed E-state index contributed by atoms with van der Waals surface area (Å²) in [6, 6.07) is 3.96. The van der Waals surface area contributed by atoms with Gasteiger partial charge in [-0.15, -0.1) is 0 Å². The third kappa shape index (κ3) is 2.33. The quantitative estimate of drug-likeness (QED) is 0.838. The summed E-state index contributed by atoms with van der Waals surface area (Å²) in [5, 5.41) is 0. The summed E-state index contributed by atoms with van der Waals surface area (Å²) in [4.78, 5) is 4.14. The molecule has 4 heteroatoms. The lowest BCUT2D eigenvalue weighted by Gasteiger charge is -2.12. The Balaban J connectivity index is 2.01. The summed E-state index contributed by atoms with van der Waals surface area (Å²) in [5.41, 5.74) is 7.10. The molecule has 16 heavy (non-hydrogen) atoms.